The Bertz CT molecular complexity index is 606. The number of aromatic carboxylic acids is 1. The Morgan fingerprint density at radius 1 is 1.33 bits per heavy atom. The van der Waals surface area contributed by atoms with E-state index in [1.54, 1.807) is 18.2 Å². The molecule has 1 aromatic heterocycles. The summed E-state index contributed by atoms with van der Waals surface area (Å²) in [7, 11) is 1.22. The van der Waals surface area contributed by atoms with Crippen molar-refractivity contribution in [2.75, 3.05) is 7.11 Å². The molecule has 2 aromatic rings. The molecule has 2 rings (SSSR count). The summed E-state index contributed by atoms with van der Waals surface area (Å²) in [5.41, 5.74) is 0.395. The number of carboxylic acid groups (broad SMARTS) is 1. The largest absolute Gasteiger partial charge is 0.478 e. The third kappa shape index (κ3) is 2.05. The van der Waals surface area contributed by atoms with Gasteiger partial charge in [0, 0.05) is 0 Å². The summed E-state index contributed by atoms with van der Waals surface area (Å²) >= 11 is 0. The van der Waals surface area contributed by atoms with E-state index in [1.807, 2.05) is 0 Å². The first-order valence-corrected chi connectivity index (χ1v) is 4.96. The Morgan fingerprint density at radius 3 is 2.72 bits per heavy atom. The second-order valence-corrected chi connectivity index (χ2v) is 3.33. The summed E-state index contributed by atoms with van der Waals surface area (Å²) in [6, 6.07) is 6.28. The average Bonchev–Trinajstić information content (AvgIpc) is 2.87. The monoisotopic (exact) mass is 247 g/mol. The van der Waals surface area contributed by atoms with Crippen molar-refractivity contribution in [3.05, 3.63) is 42.0 Å². The van der Waals surface area contributed by atoms with Gasteiger partial charge in [-0.3, -0.25) is 0 Å². The molecule has 92 valence electrons. The molecule has 0 atom stereocenters. The third-order valence-electron chi connectivity index (χ3n) is 2.24. The molecule has 0 saturated carbocycles. The van der Waals surface area contributed by atoms with Gasteiger partial charge in [0.2, 0.25) is 0 Å². The fraction of sp³-hybridized carbons (Fsp3) is 0.0909. The zero-order chi connectivity index (χ0) is 13.1. The van der Waals surface area contributed by atoms with E-state index in [1.165, 1.54) is 24.2 Å². The highest BCUT2D eigenvalue weighted by molar-refractivity contribution is 5.92. The van der Waals surface area contributed by atoms with Gasteiger partial charge in [-0.05, 0) is 12.1 Å². The maximum absolute atomic E-state index is 11.2. The van der Waals surface area contributed by atoms with Gasteiger partial charge in [-0.1, -0.05) is 12.1 Å². The van der Waals surface area contributed by atoms with E-state index >= 15 is 0 Å². The van der Waals surface area contributed by atoms with Crippen LogP contribution in [0.15, 0.2) is 30.6 Å². The number of carbonyl (C=O) groups is 2. The Kier molecular flexibility index (Phi) is 3.05. The summed E-state index contributed by atoms with van der Waals surface area (Å²) in [4.78, 5) is 26.0. The van der Waals surface area contributed by atoms with Crippen molar-refractivity contribution in [3.8, 4) is 5.69 Å². The van der Waals surface area contributed by atoms with Crippen LogP contribution in [0.1, 0.15) is 21.0 Å². The van der Waals surface area contributed by atoms with Crippen molar-refractivity contribution in [2.24, 2.45) is 0 Å². The first-order chi connectivity index (χ1) is 8.63. The zero-order valence-corrected chi connectivity index (χ0v) is 9.40. The number of nitrogens with zero attached hydrogens (tertiary/aromatic N) is 3. The number of methoxy groups -OCH3 is 1. The number of hydrogen-bond acceptors (Lipinski definition) is 5. The highest BCUT2D eigenvalue weighted by Gasteiger charge is 2.15. The lowest BCUT2D eigenvalue weighted by molar-refractivity contribution is 0.0586. The van der Waals surface area contributed by atoms with Gasteiger partial charge in [0.1, 0.15) is 6.33 Å². The Labute approximate surface area is 102 Å². The van der Waals surface area contributed by atoms with E-state index in [2.05, 4.69) is 14.8 Å². The standard InChI is InChI=1S/C11H9N3O4/c1-18-11(17)9-12-6-14(13-9)8-5-3-2-4-7(8)10(15)16/h2-6H,1H3,(H,15,16). The van der Waals surface area contributed by atoms with Crippen LogP contribution >= 0.6 is 0 Å². The molecule has 7 nitrogen and oxygen atoms in total. The molecular formula is C11H9N3O4. The average molecular weight is 247 g/mol. The van der Waals surface area contributed by atoms with Gasteiger partial charge in [-0.2, -0.15) is 0 Å². The minimum atomic E-state index is -1.08. The number of hydrogen-bond donors (Lipinski definition) is 1. The van der Waals surface area contributed by atoms with Crippen LogP contribution in [0.5, 0.6) is 0 Å². The molecule has 0 amide bonds. The van der Waals surface area contributed by atoms with Gasteiger partial charge in [0.15, 0.2) is 0 Å². The lowest BCUT2D eigenvalue weighted by Crippen LogP contribution is -2.08. The van der Waals surface area contributed by atoms with Crippen molar-refractivity contribution in [3.63, 3.8) is 0 Å². The Balaban J connectivity index is 2.46. The SMILES string of the molecule is COC(=O)c1ncn(-c2ccccc2C(=O)O)n1. The van der Waals surface area contributed by atoms with Crippen molar-refractivity contribution >= 4 is 11.9 Å². The lowest BCUT2D eigenvalue weighted by Gasteiger charge is -2.03. The van der Waals surface area contributed by atoms with Gasteiger partial charge >= 0.3 is 11.9 Å². The van der Waals surface area contributed by atoms with E-state index < -0.39 is 11.9 Å². The van der Waals surface area contributed by atoms with Gasteiger partial charge in [-0.15, -0.1) is 5.10 Å². The first kappa shape index (κ1) is 11.8. The molecule has 18 heavy (non-hydrogen) atoms. The normalized spacial score (nSPS) is 10.1. The van der Waals surface area contributed by atoms with Crippen molar-refractivity contribution < 1.29 is 19.4 Å². The maximum Gasteiger partial charge on any atom is 0.377 e. The molecule has 0 aliphatic carbocycles. The van der Waals surface area contributed by atoms with E-state index in [4.69, 9.17) is 5.11 Å². The summed E-state index contributed by atoms with van der Waals surface area (Å²) < 4.78 is 5.69. The van der Waals surface area contributed by atoms with E-state index in [-0.39, 0.29) is 11.4 Å². The molecule has 1 N–H and O–H groups in total. The number of benzene rings is 1. The molecule has 0 saturated heterocycles. The van der Waals surface area contributed by atoms with E-state index in [9.17, 15) is 9.59 Å². The minimum absolute atomic E-state index is 0.0683. The molecule has 0 radical (unpaired) electrons. The van der Waals surface area contributed by atoms with E-state index in [0.717, 1.165) is 0 Å². The predicted molar refractivity (Wildman–Crippen MR) is 59.7 cm³/mol. The van der Waals surface area contributed by atoms with Crippen LogP contribution in [0.3, 0.4) is 0 Å². The molecular weight excluding hydrogens is 238 g/mol. The van der Waals surface area contributed by atoms with Crippen molar-refractivity contribution in [2.45, 2.75) is 0 Å². The predicted octanol–water partition coefficient (Wildman–Crippen LogP) is 0.752. The molecule has 1 aromatic carbocycles. The van der Waals surface area contributed by atoms with Gasteiger partial charge in [0.05, 0.1) is 18.4 Å². The summed E-state index contributed by atoms with van der Waals surface area (Å²) in [5, 5.41) is 12.9. The molecule has 0 aliphatic heterocycles. The highest BCUT2D eigenvalue weighted by atomic mass is 16.5. The van der Waals surface area contributed by atoms with Crippen LogP contribution in [0.2, 0.25) is 0 Å². The third-order valence-corrected chi connectivity index (χ3v) is 2.24. The van der Waals surface area contributed by atoms with Crippen LogP contribution in [-0.4, -0.2) is 38.9 Å². The summed E-state index contributed by atoms with van der Waals surface area (Å²) in [5.74, 6) is -1.89. The fourth-order valence-corrected chi connectivity index (χ4v) is 1.42. The van der Waals surface area contributed by atoms with Gasteiger partial charge < -0.3 is 9.84 Å². The van der Waals surface area contributed by atoms with Crippen LogP contribution < -0.4 is 0 Å². The van der Waals surface area contributed by atoms with Crippen LogP contribution in [0.25, 0.3) is 5.69 Å². The minimum Gasteiger partial charge on any atom is -0.478 e. The van der Waals surface area contributed by atoms with Crippen LogP contribution in [0.4, 0.5) is 0 Å². The lowest BCUT2D eigenvalue weighted by atomic mass is 10.2. The van der Waals surface area contributed by atoms with Gasteiger partial charge in [-0.25, -0.2) is 19.3 Å². The number of esters is 1. The van der Waals surface area contributed by atoms with Crippen molar-refractivity contribution in [1.82, 2.24) is 14.8 Å². The number of para-hydroxylation sites is 1. The molecule has 1 heterocycles. The molecule has 7 heteroatoms. The molecule has 0 spiro atoms. The van der Waals surface area contributed by atoms with Crippen molar-refractivity contribution in [1.29, 1.82) is 0 Å². The second-order valence-electron chi connectivity index (χ2n) is 3.33. The molecule has 0 unspecified atom stereocenters. The van der Waals surface area contributed by atoms with E-state index in [0.29, 0.717) is 5.69 Å². The van der Waals surface area contributed by atoms with Gasteiger partial charge in [0.25, 0.3) is 5.82 Å². The quantitative estimate of drug-likeness (QED) is 0.804. The summed E-state index contributed by atoms with van der Waals surface area (Å²) in [6.07, 6.45) is 1.26. The summed E-state index contributed by atoms with van der Waals surface area (Å²) in [6.45, 7) is 0. The Morgan fingerprint density at radius 2 is 2.06 bits per heavy atom. The number of carboxylic acids is 1. The number of carbonyl (C=O) groups excluding carboxylic acids is 1. The fourth-order valence-electron chi connectivity index (χ4n) is 1.42. The first-order valence-electron chi connectivity index (χ1n) is 4.96. The second kappa shape index (κ2) is 4.66. The Hall–Kier alpha value is -2.70. The zero-order valence-electron chi connectivity index (χ0n) is 9.40. The molecule has 0 bridgehead atoms. The maximum atomic E-state index is 11.2. The van der Waals surface area contributed by atoms with Crippen LogP contribution in [0, 0.1) is 0 Å². The number of rotatable bonds is 3. The highest BCUT2D eigenvalue weighted by Crippen LogP contribution is 2.13. The number of aromatic nitrogens is 3. The number of ether oxygens (including phenoxy) is 1. The van der Waals surface area contributed by atoms with Crippen LogP contribution in [-0.2, 0) is 4.74 Å². The molecule has 0 aliphatic rings. The topological polar surface area (TPSA) is 94.3 Å². The molecule has 0 fully saturated rings. The smallest absolute Gasteiger partial charge is 0.377 e.